The summed E-state index contributed by atoms with van der Waals surface area (Å²) >= 11 is 0. The molecular formula is C30H55N3O+2. The summed E-state index contributed by atoms with van der Waals surface area (Å²) in [5, 5.41) is 2.42. The van der Waals surface area contributed by atoms with E-state index in [1.807, 2.05) is 0 Å². The van der Waals surface area contributed by atoms with Gasteiger partial charge in [-0.05, 0) is 101 Å². The van der Waals surface area contributed by atoms with Crippen LogP contribution in [-0.2, 0) is 4.74 Å². The third-order valence-electron chi connectivity index (χ3n) is 12.4. The van der Waals surface area contributed by atoms with Gasteiger partial charge in [0.2, 0.25) is 0 Å². The summed E-state index contributed by atoms with van der Waals surface area (Å²) in [6, 6.07) is 0.601. The molecule has 7 aliphatic rings. The van der Waals surface area contributed by atoms with E-state index in [-0.39, 0.29) is 11.2 Å². The molecule has 3 aliphatic heterocycles. The predicted molar refractivity (Wildman–Crippen MR) is 137 cm³/mol. The number of piperidine rings is 1. The zero-order valence-corrected chi connectivity index (χ0v) is 22.2. The maximum Gasteiger partial charge on any atom is 0.137 e. The average Bonchev–Trinajstić information content (AvgIpc) is 3.28. The zero-order valence-electron chi connectivity index (χ0n) is 22.2. The third kappa shape index (κ3) is 4.31. The molecule has 4 saturated carbocycles. The topological polar surface area (TPSA) is 79.5 Å². The number of fused-ring (bicyclic) bond motifs is 3. The van der Waals surface area contributed by atoms with E-state index in [0.29, 0.717) is 23.5 Å². The monoisotopic (exact) mass is 473 g/mol. The summed E-state index contributed by atoms with van der Waals surface area (Å²) in [4.78, 5) is 0. The molecule has 0 aromatic rings. The average molecular weight is 474 g/mol. The standard InChI is InChI=1S/C30H53N3O/c1-28(23-7-3-2-4-8-23)25-11-14-30(34-28,19-26(25)31)24-16-22(15-21-9-10-27(32)33-20-21)17-29(18-24)12-5-6-13-29/h21-27,33H,2-20,31-32H2,1H3/p+2/t21?,22-,24-,25-,26+,27?,28-,30-/m0/s1. The van der Waals surface area contributed by atoms with Crippen LogP contribution >= 0.6 is 0 Å². The number of nitrogens with two attached hydrogens (primary N) is 2. The maximum absolute atomic E-state index is 7.60. The molecule has 7 N–H and O–H groups in total. The second-order valence-electron chi connectivity index (χ2n) is 14.5. The van der Waals surface area contributed by atoms with Gasteiger partial charge in [0.25, 0.3) is 0 Å². The van der Waals surface area contributed by atoms with Gasteiger partial charge in [0.1, 0.15) is 6.17 Å². The first-order valence-corrected chi connectivity index (χ1v) is 15.5. The van der Waals surface area contributed by atoms with Crippen molar-refractivity contribution in [2.45, 2.75) is 146 Å². The normalized spacial score (nSPS) is 49.5. The molecule has 7 fully saturated rings. The van der Waals surface area contributed by atoms with Gasteiger partial charge in [-0.15, -0.1) is 0 Å². The van der Waals surface area contributed by atoms with Crippen LogP contribution in [0, 0.1) is 35.0 Å². The Balaban J connectivity index is 1.24. The predicted octanol–water partition coefficient (Wildman–Crippen LogP) is 4.13. The Labute approximate surface area is 209 Å². The minimum absolute atomic E-state index is 0.0909. The van der Waals surface area contributed by atoms with Crippen molar-refractivity contribution in [1.82, 2.24) is 0 Å². The van der Waals surface area contributed by atoms with E-state index in [9.17, 15) is 0 Å². The molecule has 1 spiro atoms. The van der Waals surface area contributed by atoms with Crippen LogP contribution in [0.25, 0.3) is 0 Å². The fourth-order valence-corrected chi connectivity index (χ4v) is 10.8. The van der Waals surface area contributed by atoms with Gasteiger partial charge in [0, 0.05) is 24.7 Å². The lowest BCUT2D eigenvalue weighted by Crippen LogP contribution is -2.95. The van der Waals surface area contributed by atoms with E-state index < -0.39 is 0 Å². The lowest BCUT2D eigenvalue weighted by molar-refractivity contribution is -0.703. The third-order valence-corrected chi connectivity index (χ3v) is 12.4. The number of hydrogen-bond acceptors (Lipinski definition) is 2. The fourth-order valence-electron chi connectivity index (χ4n) is 10.8. The van der Waals surface area contributed by atoms with Gasteiger partial charge >= 0.3 is 0 Å². The smallest absolute Gasteiger partial charge is 0.137 e. The fraction of sp³-hybridized carbons (Fsp3) is 1.00. The summed E-state index contributed by atoms with van der Waals surface area (Å²) in [5.41, 5.74) is 11.9. The maximum atomic E-state index is 7.60. The van der Waals surface area contributed by atoms with Gasteiger partial charge in [0.05, 0.1) is 23.8 Å². The lowest BCUT2D eigenvalue weighted by Gasteiger charge is -2.64. The Morgan fingerprint density at radius 1 is 0.853 bits per heavy atom. The SMILES string of the molecule is C[C@@]1(C2CCCCC2)O[C@@]2([C@H]3C[C@H](CC4CCC(N)[NH2+]C4)CC4(CCCC4)C3)CC[C@H]1[C@H]([NH3+])C2. The molecule has 2 bridgehead atoms. The van der Waals surface area contributed by atoms with Crippen molar-refractivity contribution in [2.24, 2.45) is 40.7 Å². The van der Waals surface area contributed by atoms with E-state index in [1.54, 1.807) is 0 Å². The van der Waals surface area contributed by atoms with Crippen LogP contribution < -0.4 is 16.8 Å². The van der Waals surface area contributed by atoms with Crippen molar-refractivity contribution in [3.8, 4) is 0 Å². The van der Waals surface area contributed by atoms with Crippen LogP contribution in [0.4, 0.5) is 0 Å². The van der Waals surface area contributed by atoms with Gasteiger partial charge in [-0.2, -0.15) is 0 Å². The number of rotatable bonds is 4. The molecule has 4 nitrogen and oxygen atoms in total. The Morgan fingerprint density at radius 3 is 2.35 bits per heavy atom. The van der Waals surface area contributed by atoms with E-state index in [4.69, 9.17) is 16.2 Å². The summed E-state index contributed by atoms with van der Waals surface area (Å²) in [5.74, 6) is 4.03. The highest BCUT2D eigenvalue weighted by Crippen LogP contribution is 2.62. The molecular weight excluding hydrogens is 418 g/mol. The molecule has 2 unspecified atom stereocenters. The molecule has 7 rings (SSSR count). The first-order chi connectivity index (χ1) is 16.4. The first kappa shape index (κ1) is 24.2. The number of hydrogen-bond donors (Lipinski definition) is 3. The van der Waals surface area contributed by atoms with Crippen LogP contribution in [0.1, 0.15) is 122 Å². The molecule has 0 aromatic carbocycles. The van der Waals surface area contributed by atoms with Crippen LogP contribution in [0.2, 0.25) is 0 Å². The molecule has 34 heavy (non-hydrogen) atoms. The van der Waals surface area contributed by atoms with Gasteiger partial charge in [-0.3, -0.25) is 5.73 Å². The van der Waals surface area contributed by atoms with Crippen LogP contribution in [0.5, 0.6) is 0 Å². The Bertz CT molecular complexity index is 708. The van der Waals surface area contributed by atoms with Gasteiger partial charge in [-0.1, -0.05) is 32.1 Å². The van der Waals surface area contributed by atoms with Gasteiger partial charge in [-0.25, -0.2) is 0 Å². The molecule has 8 atom stereocenters. The Kier molecular flexibility index (Phi) is 6.62. The quantitative estimate of drug-likeness (QED) is 0.574. The van der Waals surface area contributed by atoms with E-state index in [1.165, 1.54) is 122 Å². The lowest BCUT2D eigenvalue weighted by atomic mass is 9.52. The van der Waals surface area contributed by atoms with Gasteiger partial charge < -0.3 is 15.8 Å². The number of quaternary nitrogens is 2. The second kappa shape index (κ2) is 9.30. The van der Waals surface area contributed by atoms with Crippen molar-refractivity contribution in [3.05, 3.63) is 0 Å². The van der Waals surface area contributed by atoms with Gasteiger partial charge in [0.15, 0.2) is 0 Å². The molecule has 3 saturated heterocycles. The molecule has 0 amide bonds. The van der Waals surface area contributed by atoms with E-state index in [2.05, 4.69) is 12.2 Å². The Morgan fingerprint density at radius 2 is 1.65 bits per heavy atom. The molecule has 0 radical (unpaired) electrons. The summed E-state index contributed by atoms with van der Waals surface area (Å²) < 4.78 is 7.60. The second-order valence-corrected chi connectivity index (χ2v) is 14.5. The largest absolute Gasteiger partial charge is 0.367 e. The minimum Gasteiger partial charge on any atom is -0.367 e. The summed E-state index contributed by atoms with van der Waals surface area (Å²) in [6.07, 6.45) is 25.7. The summed E-state index contributed by atoms with van der Waals surface area (Å²) in [6.45, 7) is 3.81. The molecule has 194 valence electrons. The van der Waals surface area contributed by atoms with Crippen molar-refractivity contribution in [3.63, 3.8) is 0 Å². The highest BCUT2D eigenvalue weighted by Gasteiger charge is 2.64. The molecule has 4 heteroatoms. The molecule has 4 aliphatic carbocycles. The minimum atomic E-state index is 0.0909. The van der Waals surface area contributed by atoms with Crippen LogP contribution in [0.15, 0.2) is 0 Å². The van der Waals surface area contributed by atoms with Crippen molar-refractivity contribution >= 4 is 0 Å². The molecule has 3 heterocycles. The highest BCUT2D eigenvalue weighted by atomic mass is 16.5. The van der Waals surface area contributed by atoms with E-state index in [0.717, 1.165) is 23.7 Å². The van der Waals surface area contributed by atoms with E-state index >= 15 is 0 Å². The highest BCUT2D eigenvalue weighted by molar-refractivity contribution is 5.12. The van der Waals surface area contributed by atoms with Crippen molar-refractivity contribution < 1.29 is 15.8 Å². The first-order valence-electron chi connectivity index (χ1n) is 15.5. The van der Waals surface area contributed by atoms with Crippen LogP contribution in [0.3, 0.4) is 0 Å². The van der Waals surface area contributed by atoms with Crippen LogP contribution in [-0.4, -0.2) is 30.0 Å². The summed E-state index contributed by atoms with van der Waals surface area (Å²) in [7, 11) is 0. The van der Waals surface area contributed by atoms with Crippen molar-refractivity contribution in [2.75, 3.05) is 6.54 Å². The zero-order chi connectivity index (χ0) is 23.4. The number of ether oxygens (including phenoxy) is 1. The Hall–Kier alpha value is -0.160. The van der Waals surface area contributed by atoms with Crippen molar-refractivity contribution in [1.29, 1.82) is 0 Å². The molecule has 0 aromatic heterocycles.